The van der Waals surface area contributed by atoms with Crippen molar-refractivity contribution in [1.29, 1.82) is 0 Å². The van der Waals surface area contributed by atoms with Gasteiger partial charge < -0.3 is 20.8 Å². The zero-order valence-electron chi connectivity index (χ0n) is 23.3. The smallest absolute Gasteiger partial charge is 0.222 e. The van der Waals surface area contributed by atoms with Crippen molar-refractivity contribution in [2.75, 3.05) is 26.0 Å². The summed E-state index contributed by atoms with van der Waals surface area (Å²) >= 11 is 0. The van der Waals surface area contributed by atoms with E-state index in [4.69, 9.17) is 5.11 Å². The Hall–Kier alpha value is -2.34. The van der Waals surface area contributed by atoms with E-state index in [1.165, 1.54) is 62.0 Å². The van der Waals surface area contributed by atoms with Crippen LogP contribution in [0.5, 0.6) is 11.5 Å². The van der Waals surface area contributed by atoms with Gasteiger partial charge in [-0.3, -0.25) is 0 Å². The number of rotatable bonds is 6. The summed E-state index contributed by atoms with van der Waals surface area (Å²) in [5.41, 5.74) is 3.66. The second kappa shape index (κ2) is 12.3. The van der Waals surface area contributed by atoms with Crippen LogP contribution in [0.25, 0.3) is 0 Å². The van der Waals surface area contributed by atoms with Gasteiger partial charge in [-0.1, -0.05) is 53.0 Å². The molecular weight excluding hydrogens is 448 g/mol. The highest BCUT2D eigenvalue weighted by Crippen LogP contribution is 2.66. The fourth-order valence-corrected chi connectivity index (χ4v) is 6.79. The molecule has 2 aromatic rings. The van der Waals surface area contributed by atoms with Crippen LogP contribution in [0.3, 0.4) is 0 Å². The van der Waals surface area contributed by atoms with Gasteiger partial charge in [-0.2, -0.15) is 0 Å². The third kappa shape index (κ3) is 6.50. The molecule has 6 heteroatoms. The zero-order valence-corrected chi connectivity index (χ0v) is 23.3. The molecule has 2 fully saturated rings. The lowest BCUT2D eigenvalue weighted by atomic mass is 9.59. The monoisotopic (exact) mass is 496 g/mol. The molecule has 0 bridgehead atoms. The molecule has 3 atom stereocenters. The normalized spacial score (nSPS) is 25.4. The summed E-state index contributed by atoms with van der Waals surface area (Å²) in [6, 6.07) is 6.18. The van der Waals surface area contributed by atoms with Gasteiger partial charge in [-0.25, -0.2) is 9.97 Å². The molecule has 2 saturated carbocycles. The fourth-order valence-electron chi connectivity index (χ4n) is 6.79. The number of hydrogen-bond acceptors (Lipinski definition) is 6. The van der Waals surface area contributed by atoms with Crippen molar-refractivity contribution < 1.29 is 10.2 Å². The average Bonchev–Trinajstić information content (AvgIpc) is 3.53. The number of aromatic hydroxyl groups is 2. The first-order valence-electron chi connectivity index (χ1n) is 13.8. The lowest BCUT2D eigenvalue weighted by Crippen LogP contribution is -2.41. The summed E-state index contributed by atoms with van der Waals surface area (Å²) in [5, 5.41) is 24.7. The van der Waals surface area contributed by atoms with Gasteiger partial charge in [0.2, 0.25) is 5.95 Å². The number of nitrogens with one attached hydrogen (secondary N) is 2. The summed E-state index contributed by atoms with van der Waals surface area (Å²) in [6.45, 7) is 10.4. The largest absolute Gasteiger partial charge is 0.508 e. The third-order valence-electron chi connectivity index (χ3n) is 8.24. The Morgan fingerprint density at radius 3 is 2.25 bits per heavy atom. The van der Waals surface area contributed by atoms with E-state index in [0.717, 1.165) is 37.1 Å². The van der Waals surface area contributed by atoms with E-state index < -0.39 is 0 Å². The number of phenols is 1. The molecule has 3 aliphatic rings. The molecule has 1 aromatic heterocycles. The van der Waals surface area contributed by atoms with Gasteiger partial charge in [0, 0.05) is 12.0 Å². The van der Waals surface area contributed by atoms with Crippen LogP contribution in [0.1, 0.15) is 83.8 Å². The van der Waals surface area contributed by atoms with E-state index in [1.54, 1.807) is 0 Å². The third-order valence-corrected chi connectivity index (χ3v) is 8.24. The summed E-state index contributed by atoms with van der Waals surface area (Å²) in [6.07, 6.45) is 13.2. The van der Waals surface area contributed by atoms with E-state index in [9.17, 15) is 5.11 Å². The molecule has 0 radical (unpaired) electrons. The van der Waals surface area contributed by atoms with Crippen LogP contribution < -0.4 is 10.6 Å². The molecular formula is C30H48N4O2. The van der Waals surface area contributed by atoms with Crippen molar-refractivity contribution in [3.05, 3.63) is 41.7 Å². The maximum Gasteiger partial charge on any atom is 0.222 e. The first kappa shape index (κ1) is 28.2. The Morgan fingerprint density at radius 2 is 1.69 bits per heavy atom. The molecule has 6 nitrogen and oxygen atoms in total. The fraction of sp³-hybridized carbons (Fsp3) is 0.667. The molecule has 1 heterocycles. The van der Waals surface area contributed by atoms with Gasteiger partial charge in [0.1, 0.15) is 5.75 Å². The molecule has 0 aliphatic heterocycles. The van der Waals surface area contributed by atoms with Crippen molar-refractivity contribution in [3.63, 3.8) is 0 Å². The maximum absolute atomic E-state index is 10.1. The Balaban J connectivity index is 0.000000205. The molecule has 36 heavy (non-hydrogen) atoms. The van der Waals surface area contributed by atoms with Crippen molar-refractivity contribution in [2.24, 2.45) is 23.2 Å². The summed E-state index contributed by atoms with van der Waals surface area (Å²) in [7, 11) is 3.75. The molecule has 2 unspecified atom stereocenters. The molecule has 1 spiro atoms. The lowest BCUT2D eigenvalue weighted by molar-refractivity contribution is 0.127. The number of nitrogens with zero attached hydrogens (tertiary/aromatic N) is 2. The van der Waals surface area contributed by atoms with E-state index in [0.29, 0.717) is 22.5 Å². The van der Waals surface area contributed by atoms with Crippen LogP contribution in [-0.2, 0) is 11.8 Å². The predicted molar refractivity (Wildman–Crippen MR) is 149 cm³/mol. The minimum absolute atomic E-state index is 0.0936. The van der Waals surface area contributed by atoms with Crippen molar-refractivity contribution in [3.8, 4) is 11.5 Å². The molecule has 1 aromatic carbocycles. The second-order valence-electron chi connectivity index (χ2n) is 11.8. The molecule has 200 valence electrons. The van der Waals surface area contributed by atoms with Crippen LogP contribution in [0.15, 0.2) is 30.6 Å². The van der Waals surface area contributed by atoms with Gasteiger partial charge in [0.05, 0.1) is 12.4 Å². The number of fused-ring (bicyclic) bond motifs is 2. The van der Waals surface area contributed by atoms with E-state index >= 15 is 0 Å². The van der Waals surface area contributed by atoms with E-state index in [1.807, 2.05) is 20.2 Å². The molecule has 3 aliphatic carbocycles. The first-order valence-corrected chi connectivity index (χ1v) is 13.8. The van der Waals surface area contributed by atoms with Gasteiger partial charge in [0.15, 0.2) is 5.75 Å². The summed E-state index contributed by atoms with van der Waals surface area (Å²) in [5.74, 6) is 3.70. The van der Waals surface area contributed by atoms with Gasteiger partial charge in [0.25, 0.3) is 0 Å². The van der Waals surface area contributed by atoms with Crippen molar-refractivity contribution in [1.82, 2.24) is 15.3 Å². The Labute approximate surface area is 218 Å². The molecule has 4 N–H and O–H groups in total. The number of benzene rings is 1. The lowest BCUT2D eigenvalue weighted by Gasteiger charge is -2.44. The van der Waals surface area contributed by atoms with Crippen LogP contribution in [0.2, 0.25) is 0 Å². The highest BCUT2D eigenvalue weighted by atomic mass is 16.3. The predicted octanol–water partition coefficient (Wildman–Crippen LogP) is 6.29. The standard InChI is InChI=1S/C20H28O.C8H13N3O.C2H7N/c1-13-11-19(2,3)20(12-13)16(8-14-4-5-14)9-15-6-7-17(21)10-18(15)20;1-2-3-4-9-8-10-5-7(12)6-11-8;1-3-2/h6-7,10,13-14,16,21H,4-5,8-9,11-12H2,1-3H3;5-6,12H,2-4H2,1H3,(H,9,10,11);3H,1-2H3/t13-,16?,20?;;/m0../s1. The highest BCUT2D eigenvalue weighted by Gasteiger charge is 2.60. The van der Waals surface area contributed by atoms with Crippen LogP contribution in [0, 0.1) is 23.2 Å². The maximum atomic E-state index is 10.1. The van der Waals surface area contributed by atoms with Crippen LogP contribution >= 0.6 is 0 Å². The second-order valence-corrected chi connectivity index (χ2v) is 11.8. The molecule has 0 amide bonds. The number of unbranched alkanes of at least 4 members (excludes halogenated alkanes) is 1. The minimum Gasteiger partial charge on any atom is -0.508 e. The van der Waals surface area contributed by atoms with Crippen molar-refractivity contribution >= 4 is 5.95 Å². The number of anilines is 1. The summed E-state index contributed by atoms with van der Waals surface area (Å²) in [4.78, 5) is 7.76. The topological polar surface area (TPSA) is 90.3 Å². The Kier molecular flexibility index (Phi) is 9.62. The van der Waals surface area contributed by atoms with Crippen LogP contribution in [0.4, 0.5) is 5.95 Å². The van der Waals surface area contributed by atoms with Gasteiger partial charge in [-0.05, 0) is 92.6 Å². The average molecular weight is 497 g/mol. The van der Waals surface area contributed by atoms with E-state index in [2.05, 4.69) is 60.4 Å². The number of phenolic OH excluding ortho intramolecular Hbond substituents is 1. The van der Waals surface area contributed by atoms with Gasteiger partial charge >= 0.3 is 0 Å². The summed E-state index contributed by atoms with van der Waals surface area (Å²) < 4.78 is 0. The number of aromatic nitrogens is 2. The first-order chi connectivity index (χ1) is 17.2. The SMILES string of the molecule is CCCCNc1ncc(O)cn1.CNC.C[C@H]1CC(C)(C)C2(C1)c1cc(O)ccc1CC2CC1CC1. The molecule has 0 saturated heterocycles. The Morgan fingerprint density at radius 1 is 1.03 bits per heavy atom. The van der Waals surface area contributed by atoms with E-state index in [-0.39, 0.29) is 5.75 Å². The van der Waals surface area contributed by atoms with Crippen molar-refractivity contribution in [2.45, 2.75) is 84.5 Å². The Bertz CT molecular complexity index is 958. The zero-order chi connectivity index (χ0) is 26.3. The molecule has 5 rings (SSSR count). The quantitative estimate of drug-likeness (QED) is 0.352. The van der Waals surface area contributed by atoms with Gasteiger partial charge in [-0.15, -0.1) is 0 Å². The highest BCUT2D eigenvalue weighted by molar-refractivity contribution is 5.47. The van der Waals surface area contributed by atoms with Crippen LogP contribution in [-0.4, -0.2) is 40.8 Å². The number of hydrogen-bond donors (Lipinski definition) is 4. The minimum atomic E-state index is 0.0936.